The number of aromatic amines is 2. The Kier molecular flexibility index (Phi) is 9.47. The van der Waals surface area contributed by atoms with Crippen LogP contribution in [-0.4, -0.2) is 56.9 Å². The molecule has 0 atom stereocenters. The molecule has 0 unspecified atom stereocenters. The number of pyridine rings is 4. The number of H-pyrrole nitrogens is 2. The van der Waals surface area contributed by atoms with Crippen molar-refractivity contribution in [1.29, 1.82) is 0 Å². The van der Waals surface area contributed by atoms with Crippen molar-refractivity contribution in [3.63, 3.8) is 0 Å². The number of hydrogen-bond donors (Lipinski definition) is 2. The second-order valence-corrected chi connectivity index (χ2v) is 11.6. The summed E-state index contributed by atoms with van der Waals surface area (Å²) in [4.78, 5) is 16.3. The molecule has 0 amide bonds. The Morgan fingerprint density at radius 1 is 0.565 bits per heavy atom. The smallest absolute Gasteiger partial charge is 0.485 e. The van der Waals surface area contributed by atoms with Crippen molar-refractivity contribution >= 4 is 31.3 Å². The SMILES string of the molecule is O=S(=O)([O-])C(F)(F)F.O=S(=O)([O-])C(F)(F)F.c1ccc(-c2[nH]c(-c3[nH]c(-c4ccccn4)[n+]4ccccc34)c3cccc[n+]23)nc1. The average molecular weight is 689 g/mol. The van der Waals surface area contributed by atoms with E-state index in [0.717, 1.165) is 45.5 Å². The summed E-state index contributed by atoms with van der Waals surface area (Å²) in [6, 6.07) is 24.2. The second kappa shape index (κ2) is 12.8. The lowest BCUT2D eigenvalue weighted by atomic mass is 10.2. The molecule has 242 valence electrons. The summed E-state index contributed by atoms with van der Waals surface area (Å²) < 4.78 is 122. The van der Waals surface area contributed by atoms with Gasteiger partial charge in [0.15, 0.2) is 42.7 Å². The van der Waals surface area contributed by atoms with Crippen LogP contribution in [0.3, 0.4) is 0 Å². The van der Waals surface area contributed by atoms with Crippen LogP contribution in [0, 0.1) is 0 Å². The Bertz CT molecular complexity index is 2030. The quantitative estimate of drug-likeness (QED) is 0.122. The maximum absolute atomic E-state index is 10.7. The van der Waals surface area contributed by atoms with Gasteiger partial charge in [-0.05, 0) is 48.5 Å². The predicted octanol–water partition coefficient (Wildman–Crippen LogP) is 3.71. The van der Waals surface area contributed by atoms with Gasteiger partial charge in [-0.25, -0.2) is 36.8 Å². The summed E-state index contributed by atoms with van der Waals surface area (Å²) in [6.07, 6.45) is 7.73. The van der Waals surface area contributed by atoms with Gasteiger partial charge >= 0.3 is 22.7 Å². The number of rotatable bonds is 3. The van der Waals surface area contributed by atoms with E-state index in [4.69, 9.17) is 25.9 Å². The van der Waals surface area contributed by atoms with Gasteiger partial charge in [0, 0.05) is 12.4 Å². The van der Waals surface area contributed by atoms with Crippen molar-refractivity contribution in [2.75, 3.05) is 0 Å². The minimum atomic E-state index is -6.09. The average Bonchev–Trinajstić information content (AvgIpc) is 3.56. The first-order valence-corrected chi connectivity index (χ1v) is 15.1. The number of alkyl halides is 6. The molecule has 6 rings (SSSR count). The maximum atomic E-state index is 10.7. The first-order chi connectivity index (χ1) is 21.4. The van der Waals surface area contributed by atoms with Gasteiger partial charge in [0.25, 0.3) is 0 Å². The highest BCUT2D eigenvalue weighted by atomic mass is 32.2. The molecule has 0 aliphatic rings. The first-order valence-electron chi connectivity index (χ1n) is 12.3. The van der Waals surface area contributed by atoms with E-state index in [2.05, 4.69) is 53.3 Å². The largest absolute Gasteiger partial charge is 0.741 e. The molecule has 0 saturated carbocycles. The topological polar surface area (TPSA) is 180 Å². The fraction of sp³-hybridized carbons (Fsp3) is 0.0769. The third-order valence-corrected chi connectivity index (χ3v) is 6.97. The monoisotopic (exact) mass is 688 g/mol. The lowest BCUT2D eigenvalue weighted by Gasteiger charge is -2.08. The zero-order valence-electron chi connectivity index (χ0n) is 22.6. The molecule has 0 aromatic carbocycles. The molecule has 20 heteroatoms. The normalized spacial score (nSPS) is 12.3. The molecule has 0 bridgehead atoms. The van der Waals surface area contributed by atoms with Crippen LogP contribution in [-0.2, 0) is 20.2 Å². The Hall–Kier alpha value is -4.92. The Morgan fingerprint density at radius 2 is 0.891 bits per heavy atom. The summed E-state index contributed by atoms with van der Waals surface area (Å²) in [6.45, 7) is 0. The third kappa shape index (κ3) is 7.47. The van der Waals surface area contributed by atoms with E-state index >= 15 is 0 Å². The van der Waals surface area contributed by atoms with Gasteiger partial charge < -0.3 is 9.11 Å². The number of fused-ring (bicyclic) bond motifs is 2. The van der Waals surface area contributed by atoms with Gasteiger partial charge in [-0.2, -0.15) is 35.1 Å². The number of nitrogens with zero attached hydrogens (tertiary/aromatic N) is 4. The Labute approximate surface area is 255 Å². The molecule has 0 spiro atoms. The molecule has 12 nitrogen and oxygen atoms in total. The number of nitrogens with one attached hydrogen (secondary N) is 2. The highest BCUT2D eigenvalue weighted by Crippen LogP contribution is 2.28. The molecule has 6 heterocycles. The third-order valence-electron chi connectivity index (χ3n) is 5.83. The van der Waals surface area contributed by atoms with Gasteiger partial charge in [0.2, 0.25) is 11.4 Å². The van der Waals surface area contributed by atoms with Crippen molar-refractivity contribution < 1.29 is 61.1 Å². The summed E-state index contributed by atoms with van der Waals surface area (Å²) in [5, 5.41) is 0. The zero-order chi connectivity index (χ0) is 33.9. The van der Waals surface area contributed by atoms with Gasteiger partial charge in [0.1, 0.15) is 0 Å². The fourth-order valence-electron chi connectivity index (χ4n) is 3.93. The highest BCUT2D eigenvalue weighted by molar-refractivity contribution is 7.86. The van der Waals surface area contributed by atoms with Crippen LogP contribution >= 0.6 is 0 Å². The van der Waals surface area contributed by atoms with Gasteiger partial charge in [0.05, 0.1) is 12.4 Å². The highest BCUT2D eigenvalue weighted by Gasteiger charge is 2.37. The van der Waals surface area contributed by atoms with Crippen LogP contribution in [0.2, 0.25) is 0 Å². The predicted molar refractivity (Wildman–Crippen MR) is 145 cm³/mol. The number of imidazole rings is 2. The summed E-state index contributed by atoms with van der Waals surface area (Å²) in [7, 11) is -12.2. The van der Waals surface area contributed by atoms with Crippen molar-refractivity contribution in [2.45, 2.75) is 11.0 Å². The van der Waals surface area contributed by atoms with E-state index in [1.54, 1.807) is 0 Å². The van der Waals surface area contributed by atoms with Crippen molar-refractivity contribution in [3.05, 3.63) is 97.6 Å². The molecule has 0 fully saturated rings. The lowest BCUT2D eigenvalue weighted by molar-refractivity contribution is -0.499. The minimum Gasteiger partial charge on any atom is -0.741 e. The summed E-state index contributed by atoms with van der Waals surface area (Å²) >= 11 is 0. The Morgan fingerprint density at radius 3 is 1.17 bits per heavy atom. The molecule has 0 saturated heterocycles. The van der Waals surface area contributed by atoms with Crippen LogP contribution in [0.1, 0.15) is 0 Å². The van der Waals surface area contributed by atoms with Gasteiger partial charge in [-0.15, -0.1) is 0 Å². The van der Waals surface area contributed by atoms with Crippen LogP contribution in [0.4, 0.5) is 26.3 Å². The molecule has 46 heavy (non-hydrogen) atoms. The Balaban J connectivity index is 0.000000250. The van der Waals surface area contributed by atoms with Crippen molar-refractivity contribution in [1.82, 2.24) is 19.9 Å². The van der Waals surface area contributed by atoms with E-state index < -0.39 is 31.3 Å². The number of aromatic nitrogens is 6. The van der Waals surface area contributed by atoms with Gasteiger partial charge in [-0.1, -0.05) is 24.3 Å². The molecule has 6 aromatic heterocycles. The molecule has 2 N–H and O–H groups in total. The summed E-state index contributed by atoms with van der Waals surface area (Å²) in [5.41, 5.74) is -5.38. The molecular weight excluding hydrogens is 670 g/mol. The second-order valence-electron chi connectivity index (χ2n) is 8.84. The van der Waals surface area contributed by atoms with Crippen LogP contribution in [0.15, 0.2) is 97.6 Å². The molecule has 0 radical (unpaired) electrons. The van der Waals surface area contributed by atoms with E-state index in [9.17, 15) is 26.3 Å². The lowest BCUT2D eigenvalue weighted by Crippen LogP contribution is -2.21. The van der Waals surface area contributed by atoms with Crippen LogP contribution in [0.25, 0.3) is 45.5 Å². The van der Waals surface area contributed by atoms with Gasteiger partial charge in [-0.3, -0.25) is 0 Å². The maximum Gasteiger partial charge on any atom is 0.485 e. The summed E-state index contributed by atoms with van der Waals surface area (Å²) in [5.74, 6) is 1.87. The minimum absolute atomic E-state index is 0.887. The van der Waals surface area contributed by atoms with Crippen molar-refractivity contribution in [3.8, 4) is 34.4 Å². The standard InChI is InChI=1S/C24H16N6.2CHF3O3S/c1-5-13-25-17(9-1)23-27-21(19-11-3-7-15-29(19)23)22-20-12-4-8-16-30(20)24(28-22)18-10-2-6-14-26-18;2*2-1(3,4)8(5,6)7/h1-16H;2*(H,5,6,7). The molecule has 6 aromatic rings. The van der Waals surface area contributed by atoms with Crippen LogP contribution in [0.5, 0.6) is 0 Å². The fourth-order valence-corrected chi connectivity index (χ4v) is 3.93. The van der Waals surface area contributed by atoms with E-state index in [1.165, 1.54) is 0 Å². The van der Waals surface area contributed by atoms with Crippen molar-refractivity contribution in [2.24, 2.45) is 0 Å². The van der Waals surface area contributed by atoms with E-state index in [1.807, 2.05) is 73.1 Å². The number of hydrogen-bond acceptors (Lipinski definition) is 8. The molecular formula is C26H18F6N6O6S2. The van der Waals surface area contributed by atoms with E-state index in [-0.39, 0.29) is 0 Å². The van der Waals surface area contributed by atoms with Crippen LogP contribution < -0.4 is 8.80 Å². The molecule has 0 aliphatic heterocycles. The van der Waals surface area contributed by atoms with E-state index in [0.29, 0.717) is 0 Å². The molecule has 0 aliphatic carbocycles. The first kappa shape index (κ1) is 34.0. The number of halogens is 6. The zero-order valence-corrected chi connectivity index (χ0v) is 24.2.